The highest BCUT2D eigenvalue weighted by atomic mass is 16.2. The molecule has 2 heterocycles. The van der Waals surface area contributed by atoms with E-state index in [1.165, 1.54) is 0 Å². The minimum Gasteiger partial charge on any atom is -0.347 e. The van der Waals surface area contributed by atoms with E-state index in [-0.39, 0.29) is 17.9 Å². The van der Waals surface area contributed by atoms with Crippen LogP contribution in [0.5, 0.6) is 0 Å². The second-order valence-corrected chi connectivity index (χ2v) is 4.34. The van der Waals surface area contributed by atoms with E-state index in [0.29, 0.717) is 18.5 Å². The molecule has 0 radical (unpaired) electrons. The molecule has 90 valence electrons. The molecule has 2 rings (SSSR count). The molecule has 1 aromatic rings. The van der Waals surface area contributed by atoms with Crippen LogP contribution in [0, 0.1) is 6.92 Å². The Balaban J connectivity index is 1.98. The molecule has 5 nitrogen and oxygen atoms in total. The third kappa shape index (κ3) is 2.61. The molecule has 1 unspecified atom stereocenters. The molecular formula is C12H15N3O2. The fraction of sp³-hybridized carbons (Fsp3) is 0.417. The summed E-state index contributed by atoms with van der Waals surface area (Å²) in [6, 6.07) is 3.43. The number of nitrogens with one attached hydrogen (secondary N) is 1. The number of hydrogen-bond acceptors (Lipinski definition) is 3. The van der Waals surface area contributed by atoms with Gasteiger partial charge in [-0.2, -0.15) is 0 Å². The van der Waals surface area contributed by atoms with Gasteiger partial charge in [-0.1, -0.05) is 0 Å². The summed E-state index contributed by atoms with van der Waals surface area (Å²) in [6.45, 7) is 2.44. The Morgan fingerprint density at radius 2 is 2.29 bits per heavy atom. The highest BCUT2D eigenvalue weighted by molar-refractivity contribution is 5.94. The van der Waals surface area contributed by atoms with Crippen LogP contribution >= 0.6 is 0 Å². The summed E-state index contributed by atoms with van der Waals surface area (Å²) in [5.74, 6) is -0.108. The van der Waals surface area contributed by atoms with Gasteiger partial charge in [-0.15, -0.1) is 0 Å². The van der Waals surface area contributed by atoms with Crippen molar-refractivity contribution in [2.24, 2.45) is 0 Å². The van der Waals surface area contributed by atoms with Crippen LogP contribution in [0.1, 0.15) is 22.5 Å². The van der Waals surface area contributed by atoms with Gasteiger partial charge in [0, 0.05) is 31.9 Å². The third-order valence-electron chi connectivity index (χ3n) is 2.85. The van der Waals surface area contributed by atoms with Gasteiger partial charge in [-0.3, -0.25) is 14.6 Å². The Morgan fingerprint density at radius 3 is 2.82 bits per heavy atom. The van der Waals surface area contributed by atoms with Crippen LogP contribution < -0.4 is 5.32 Å². The first-order chi connectivity index (χ1) is 8.06. The van der Waals surface area contributed by atoms with Gasteiger partial charge >= 0.3 is 0 Å². The SMILES string of the molecule is Cc1ccc(C(=O)NC2CC(=O)N(C)C2)cn1. The van der Waals surface area contributed by atoms with Crippen LogP contribution in [-0.4, -0.2) is 41.3 Å². The number of likely N-dealkylation sites (N-methyl/N-ethyl adjacent to an activating group) is 1. The smallest absolute Gasteiger partial charge is 0.253 e. The number of carbonyl (C=O) groups excluding carboxylic acids is 2. The highest BCUT2D eigenvalue weighted by Crippen LogP contribution is 2.09. The van der Waals surface area contributed by atoms with Crippen molar-refractivity contribution in [1.82, 2.24) is 15.2 Å². The van der Waals surface area contributed by atoms with E-state index in [1.54, 1.807) is 30.3 Å². The summed E-state index contributed by atoms with van der Waals surface area (Å²) >= 11 is 0. The lowest BCUT2D eigenvalue weighted by molar-refractivity contribution is -0.126. The molecule has 1 aliphatic rings. The van der Waals surface area contributed by atoms with Crippen molar-refractivity contribution in [3.05, 3.63) is 29.6 Å². The predicted octanol–water partition coefficient (Wildman–Crippen LogP) is 0.351. The van der Waals surface area contributed by atoms with Gasteiger partial charge in [-0.05, 0) is 19.1 Å². The van der Waals surface area contributed by atoms with Gasteiger partial charge < -0.3 is 10.2 Å². The Bertz CT molecular complexity index is 442. The van der Waals surface area contributed by atoms with E-state index < -0.39 is 0 Å². The van der Waals surface area contributed by atoms with Crippen molar-refractivity contribution >= 4 is 11.8 Å². The zero-order chi connectivity index (χ0) is 12.4. The van der Waals surface area contributed by atoms with Crippen molar-refractivity contribution in [3.63, 3.8) is 0 Å². The zero-order valence-corrected chi connectivity index (χ0v) is 9.93. The van der Waals surface area contributed by atoms with Crippen LogP contribution in [0.3, 0.4) is 0 Å². The first-order valence-electron chi connectivity index (χ1n) is 5.54. The van der Waals surface area contributed by atoms with Crippen molar-refractivity contribution < 1.29 is 9.59 Å². The average Bonchev–Trinajstić information content (AvgIpc) is 2.58. The van der Waals surface area contributed by atoms with Gasteiger partial charge in [0.25, 0.3) is 5.91 Å². The molecule has 17 heavy (non-hydrogen) atoms. The lowest BCUT2D eigenvalue weighted by Crippen LogP contribution is -2.36. The number of nitrogens with zero attached hydrogens (tertiary/aromatic N) is 2. The quantitative estimate of drug-likeness (QED) is 0.801. The van der Waals surface area contributed by atoms with Crippen molar-refractivity contribution in [2.75, 3.05) is 13.6 Å². The summed E-state index contributed by atoms with van der Waals surface area (Å²) in [4.78, 5) is 28.8. The predicted molar refractivity (Wildman–Crippen MR) is 62.5 cm³/mol. The molecule has 5 heteroatoms. The third-order valence-corrected chi connectivity index (χ3v) is 2.85. The molecule has 0 spiro atoms. The second kappa shape index (κ2) is 4.53. The average molecular weight is 233 g/mol. The summed E-state index contributed by atoms with van der Waals surface area (Å²) < 4.78 is 0. The summed E-state index contributed by atoms with van der Waals surface area (Å²) in [6.07, 6.45) is 1.92. The van der Waals surface area contributed by atoms with E-state index in [4.69, 9.17) is 0 Å². The van der Waals surface area contributed by atoms with Crippen LogP contribution in [-0.2, 0) is 4.79 Å². The topological polar surface area (TPSA) is 62.3 Å². The summed E-state index contributed by atoms with van der Waals surface area (Å²) in [5.41, 5.74) is 1.40. The maximum atomic E-state index is 11.8. The van der Waals surface area contributed by atoms with Gasteiger partial charge in [0.2, 0.25) is 5.91 Å². The normalized spacial score (nSPS) is 19.5. The number of aromatic nitrogens is 1. The molecule has 0 aliphatic carbocycles. The van der Waals surface area contributed by atoms with Crippen LogP contribution in [0.4, 0.5) is 0 Å². The Kier molecular flexibility index (Phi) is 3.08. The van der Waals surface area contributed by atoms with Gasteiger partial charge in [-0.25, -0.2) is 0 Å². The lowest BCUT2D eigenvalue weighted by Gasteiger charge is -2.12. The number of hydrogen-bond donors (Lipinski definition) is 1. The summed E-state index contributed by atoms with van der Waals surface area (Å²) in [7, 11) is 1.74. The number of rotatable bonds is 2. The van der Waals surface area contributed by atoms with Crippen LogP contribution in [0.15, 0.2) is 18.3 Å². The highest BCUT2D eigenvalue weighted by Gasteiger charge is 2.27. The van der Waals surface area contributed by atoms with Gasteiger partial charge in [0.05, 0.1) is 11.6 Å². The fourth-order valence-corrected chi connectivity index (χ4v) is 1.83. The maximum Gasteiger partial charge on any atom is 0.253 e. The lowest BCUT2D eigenvalue weighted by atomic mass is 10.2. The number of carbonyl (C=O) groups is 2. The van der Waals surface area contributed by atoms with Crippen molar-refractivity contribution in [3.8, 4) is 0 Å². The first kappa shape index (κ1) is 11.6. The molecule has 0 bridgehead atoms. The number of aryl methyl sites for hydroxylation is 1. The molecule has 1 N–H and O–H groups in total. The minimum absolute atomic E-state index is 0.0670. The Hall–Kier alpha value is -1.91. The van der Waals surface area contributed by atoms with E-state index in [9.17, 15) is 9.59 Å². The van der Waals surface area contributed by atoms with E-state index in [0.717, 1.165) is 5.69 Å². The molecule has 1 fully saturated rings. The molecule has 1 aliphatic heterocycles. The molecule has 1 atom stereocenters. The van der Waals surface area contributed by atoms with Crippen molar-refractivity contribution in [1.29, 1.82) is 0 Å². The minimum atomic E-state index is -0.175. The number of amides is 2. The van der Waals surface area contributed by atoms with E-state index in [2.05, 4.69) is 10.3 Å². The second-order valence-electron chi connectivity index (χ2n) is 4.34. The molecule has 2 amide bonds. The van der Waals surface area contributed by atoms with Crippen LogP contribution in [0.25, 0.3) is 0 Å². The molecule has 1 saturated heterocycles. The number of likely N-dealkylation sites (tertiary alicyclic amines) is 1. The molecule has 0 saturated carbocycles. The largest absolute Gasteiger partial charge is 0.347 e. The molecule has 1 aromatic heterocycles. The Morgan fingerprint density at radius 1 is 1.53 bits per heavy atom. The van der Waals surface area contributed by atoms with Gasteiger partial charge in [0.15, 0.2) is 0 Å². The zero-order valence-electron chi connectivity index (χ0n) is 9.93. The van der Waals surface area contributed by atoms with E-state index in [1.807, 2.05) is 6.92 Å². The van der Waals surface area contributed by atoms with Gasteiger partial charge in [0.1, 0.15) is 0 Å². The fourth-order valence-electron chi connectivity index (χ4n) is 1.83. The first-order valence-corrected chi connectivity index (χ1v) is 5.54. The van der Waals surface area contributed by atoms with E-state index >= 15 is 0 Å². The standard InChI is InChI=1S/C12H15N3O2/c1-8-3-4-9(6-13-8)12(17)14-10-5-11(16)15(2)7-10/h3-4,6,10H,5,7H2,1-2H3,(H,14,17). The Labute approximate surface area is 99.8 Å². The number of pyridine rings is 1. The molecular weight excluding hydrogens is 218 g/mol. The monoisotopic (exact) mass is 233 g/mol. The molecule has 0 aromatic carbocycles. The summed E-state index contributed by atoms with van der Waals surface area (Å²) in [5, 5.41) is 2.83. The van der Waals surface area contributed by atoms with Crippen molar-refractivity contribution in [2.45, 2.75) is 19.4 Å². The van der Waals surface area contributed by atoms with Crippen LogP contribution in [0.2, 0.25) is 0 Å². The maximum absolute atomic E-state index is 11.8.